The van der Waals surface area contributed by atoms with E-state index in [0.29, 0.717) is 17.5 Å². The lowest BCUT2D eigenvalue weighted by Gasteiger charge is -2.35. The van der Waals surface area contributed by atoms with E-state index in [1.807, 2.05) is 28.1 Å². The molecule has 33 heavy (non-hydrogen) atoms. The summed E-state index contributed by atoms with van der Waals surface area (Å²) < 4.78 is 18.4. The molecule has 0 rings (SSSR count). The second kappa shape index (κ2) is 21.2. The molecule has 0 saturated heterocycles. The van der Waals surface area contributed by atoms with E-state index < -0.39 is 7.60 Å². The van der Waals surface area contributed by atoms with E-state index in [9.17, 15) is 9.46 Å². The van der Waals surface area contributed by atoms with Crippen molar-refractivity contribution in [3.8, 4) is 0 Å². The fraction of sp³-hybridized carbons (Fsp3) is 0.929. The molecule has 0 bridgehead atoms. The van der Waals surface area contributed by atoms with Crippen molar-refractivity contribution in [1.29, 1.82) is 0 Å². The molecule has 5 heteroatoms. The zero-order valence-electron chi connectivity index (χ0n) is 23.0. The Morgan fingerprint density at radius 2 is 1.09 bits per heavy atom. The van der Waals surface area contributed by atoms with Crippen molar-refractivity contribution < 1.29 is 18.5 Å². The van der Waals surface area contributed by atoms with Gasteiger partial charge in [0.05, 0.1) is 27.7 Å². The summed E-state index contributed by atoms with van der Waals surface area (Å²) in [5.41, 5.74) is 0. The summed E-state index contributed by atoms with van der Waals surface area (Å²) in [6.07, 6.45) is 28.9. The topological polar surface area (TPSA) is 46.5 Å². The number of hydrogen-bond acceptors (Lipinski definition) is 2. The molecule has 0 spiro atoms. The van der Waals surface area contributed by atoms with Gasteiger partial charge in [-0.1, -0.05) is 109 Å². The molecule has 0 aliphatic rings. The van der Waals surface area contributed by atoms with Crippen molar-refractivity contribution >= 4 is 7.60 Å². The van der Waals surface area contributed by atoms with Crippen LogP contribution in [0.3, 0.4) is 0 Å². The summed E-state index contributed by atoms with van der Waals surface area (Å²) in [5.74, 6) is -0.350. The van der Waals surface area contributed by atoms with E-state index >= 15 is 0 Å². The van der Waals surface area contributed by atoms with Gasteiger partial charge in [0.2, 0.25) is 0 Å². The first-order valence-corrected chi connectivity index (χ1v) is 15.8. The summed E-state index contributed by atoms with van der Waals surface area (Å²) in [6, 6.07) is 0. The molecule has 0 aromatic heterocycles. The standard InChI is InChI=1S/C28H58NO3P/c1-6-8-9-10-11-12-13-14-15-16-17-18-19-20-21-22-23-24-25-26-27-32-33(30,31)28(7-2)29(3,4)5/h16-17,28H,6-15,18-27H2,1-5H3/p+1. The van der Waals surface area contributed by atoms with Gasteiger partial charge >= 0.3 is 7.60 Å². The summed E-state index contributed by atoms with van der Waals surface area (Å²) in [5, 5.41) is 0. The maximum absolute atomic E-state index is 12.5. The largest absolute Gasteiger partial charge is 0.385 e. The Kier molecular flexibility index (Phi) is 21.1. The molecule has 2 unspecified atom stereocenters. The SMILES string of the molecule is CCCCCCCCCCC=CCCCCCCCCCCOP(=O)(O)C(CC)[N+](C)(C)C. The van der Waals surface area contributed by atoms with Crippen molar-refractivity contribution in [3.05, 3.63) is 12.2 Å². The van der Waals surface area contributed by atoms with Gasteiger partial charge in [0.25, 0.3) is 0 Å². The second-order valence-corrected chi connectivity index (χ2v) is 12.7. The molecule has 0 aromatic carbocycles. The predicted molar refractivity (Wildman–Crippen MR) is 146 cm³/mol. The van der Waals surface area contributed by atoms with E-state index in [1.165, 1.54) is 103 Å². The highest BCUT2D eigenvalue weighted by Gasteiger charge is 2.41. The first-order chi connectivity index (χ1) is 15.8. The highest BCUT2D eigenvalue weighted by atomic mass is 31.2. The van der Waals surface area contributed by atoms with E-state index in [0.717, 1.165) is 12.8 Å². The number of allylic oxidation sites excluding steroid dienone is 2. The summed E-state index contributed by atoms with van der Waals surface area (Å²) in [4.78, 5) is 10.3. The molecule has 0 radical (unpaired) electrons. The third kappa shape index (κ3) is 19.8. The van der Waals surface area contributed by atoms with Gasteiger partial charge in [-0.05, 0) is 32.1 Å². The zero-order chi connectivity index (χ0) is 24.8. The van der Waals surface area contributed by atoms with Gasteiger partial charge in [-0.15, -0.1) is 0 Å². The minimum atomic E-state index is -3.55. The molecule has 1 N–H and O–H groups in total. The molecule has 0 saturated carbocycles. The van der Waals surface area contributed by atoms with Gasteiger partial charge in [0.15, 0.2) is 5.78 Å². The average Bonchev–Trinajstić information content (AvgIpc) is 2.74. The fourth-order valence-electron chi connectivity index (χ4n) is 4.55. The average molecular weight is 489 g/mol. The Hall–Kier alpha value is -0.150. The number of rotatable bonds is 24. The first-order valence-electron chi connectivity index (χ1n) is 14.2. The lowest BCUT2D eigenvalue weighted by Crippen LogP contribution is -2.44. The van der Waals surface area contributed by atoms with Crippen LogP contribution in [-0.2, 0) is 9.09 Å². The number of unbranched alkanes of at least 4 members (excludes halogenated alkanes) is 16. The van der Waals surface area contributed by atoms with Crippen molar-refractivity contribution in [1.82, 2.24) is 0 Å². The summed E-state index contributed by atoms with van der Waals surface area (Å²) in [7, 11) is 2.31. The Labute approximate surface area is 207 Å². The van der Waals surface area contributed by atoms with Gasteiger partial charge in [0.1, 0.15) is 0 Å². The lowest BCUT2D eigenvalue weighted by molar-refractivity contribution is -0.883. The van der Waals surface area contributed by atoms with Crippen LogP contribution >= 0.6 is 7.60 Å². The van der Waals surface area contributed by atoms with Gasteiger partial charge in [-0.3, -0.25) is 4.57 Å². The maximum atomic E-state index is 12.5. The number of hydrogen-bond donors (Lipinski definition) is 1. The highest BCUT2D eigenvalue weighted by molar-refractivity contribution is 7.53. The first kappa shape index (κ1) is 32.8. The van der Waals surface area contributed by atoms with Crippen molar-refractivity contribution in [2.75, 3.05) is 27.7 Å². The predicted octanol–water partition coefficient (Wildman–Crippen LogP) is 9.23. The molecule has 2 atom stereocenters. The third-order valence-corrected chi connectivity index (χ3v) is 8.93. The molecule has 0 aromatic rings. The fourth-order valence-corrected chi connectivity index (χ4v) is 6.45. The molecule has 0 aliphatic carbocycles. The van der Waals surface area contributed by atoms with Crippen LogP contribution in [0.4, 0.5) is 0 Å². The van der Waals surface area contributed by atoms with Crippen molar-refractivity contribution in [2.45, 2.75) is 142 Å². The van der Waals surface area contributed by atoms with Crippen LogP contribution in [0.5, 0.6) is 0 Å². The van der Waals surface area contributed by atoms with Crippen LogP contribution in [0.1, 0.15) is 136 Å². The number of nitrogens with zero attached hydrogens (tertiary/aromatic N) is 1. The molecule has 0 heterocycles. The minimum absolute atomic E-state index is 0.350. The monoisotopic (exact) mass is 488 g/mol. The maximum Gasteiger partial charge on any atom is 0.385 e. The molecule has 0 amide bonds. The molecule has 198 valence electrons. The quantitative estimate of drug-likeness (QED) is 0.0637. The van der Waals surface area contributed by atoms with Crippen LogP contribution in [0, 0.1) is 0 Å². The molecule has 4 nitrogen and oxygen atoms in total. The van der Waals surface area contributed by atoms with E-state index in [1.54, 1.807) is 0 Å². The summed E-state index contributed by atoms with van der Waals surface area (Å²) in [6.45, 7) is 4.63. The van der Waals surface area contributed by atoms with Crippen LogP contribution < -0.4 is 0 Å². The Morgan fingerprint density at radius 3 is 1.48 bits per heavy atom. The summed E-state index contributed by atoms with van der Waals surface area (Å²) >= 11 is 0. The Bertz CT molecular complexity index is 502. The molecule has 0 aliphatic heterocycles. The number of quaternary nitrogens is 1. The lowest BCUT2D eigenvalue weighted by atomic mass is 10.1. The molecular weight excluding hydrogens is 429 g/mol. The van der Waals surface area contributed by atoms with Crippen LogP contribution in [0.25, 0.3) is 0 Å². The molecule has 0 fully saturated rings. The van der Waals surface area contributed by atoms with E-state index in [-0.39, 0.29) is 5.78 Å². The van der Waals surface area contributed by atoms with Gasteiger partial charge < -0.3 is 13.9 Å². The van der Waals surface area contributed by atoms with Crippen molar-refractivity contribution in [2.24, 2.45) is 0 Å². The van der Waals surface area contributed by atoms with Gasteiger partial charge in [-0.2, -0.15) is 0 Å². The highest BCUT2D eigenvalue weighted by Crippen LogP contribution is 2.51. The van der Waals surface area contributed by atoms with Gasteiger partial charge in [0, 0.05) is 6.42 Å². The normalized spacial score (nSPS) is 15.2. The smallest absolute Gasteiger partial charge is 0.320 e. The minimum Gasteiger partial charge on any atom is -0.320 e. The second-order valence-electron chi connectivity index (χ2n) is 10.8. The molecular formula is C28H59NO3P+. The zero-order valence-corrected chi connectivity index (χ0v) is 23.9. The Morgan fingerprint density at radius 1 is 0.697 bits per heavy atom. The van der Waals surface area contributed by atoms with Crippen molar-refractivity contribution in [3.63, 3.8) is 0 Å². The van der Waals surface area contributed by atoms with Gasteiger partial charge in [-0.25, -0.2) is 0 Å². The van der Waals surface area contributed by atoms with Crippen LogP contribution in [-0.4, -0.2) is 42.9 Å². The Balaban J connectivity index is 3.43. The van der Waals surface area contributed by atoms with E-state index in [2.05, 4.69) is 19.1 Å². The van der Waals surface area contributed by atoms with E-state index in [4.69, 9.17) is 4.52 Å². The van der Waals surface area contributed by atoms with Crippen LogP contribution in [0.2, 0.25) is 0 Å². The third-order valence-electron chi connectivity index (χ3n) is 6.57. The van der Waals surface area contributed by atoms with Crippen LogP contribution in [0.15, 0.2) is 12.2 Å².